The summed E-state index contributed by atoms with van der Waals surface area (Å²) in [6.07, 6.45) is 0.978. The van der Waals surface area contributed by atoms with Crippen LogP contribution >= 0.6 is 11.8 Å². The number of carbonyl (C=O) groups excluding carboxylic acids is 1. The lowest BCUT2D eigenvalue weighted by Crippen LogP contribution is -2.45. The number of aromatic nitrogens is 2. The van der Waals surface area contributed by atoms with E-state index in [1.807, 2.05) is 0 Å². The third-order valence-corrected chi connectivity index (χ3v) is 5.87. The van der Waals surface area contributed by atoms with Gasteiger partial charge in [-0.1, -0.05) is 12.1 Å². The number of carboxylic acid groups (broad SMARTS) is 1. The number of nitrogens with one attached hydrogen (secondary N) is 2. The molecule has 4 atom stereocenters. The predicted molar refractivity (Wildman–Crippen MR) is 111 cm³/mol. The molecule has 3 heterocycles. The number of thioether (sulfide) groups is 1. The van der Waals surface area contributed by atoms with E-state index < -0.39 is 5.97 Å². The van der Waals surface area contributed by atoms with E-state index in [4.69, 9.17) is 14.6 Å². The molecular formula is C20H21FN4O5S. The summed E-state index contributed by atoms with van der Waals surface area (Å²) in [5.41, 5.74) is 1.23. The Labute approximate surface area is 181 Å². The first kappa shape index (κ1) is 21.5. The minimum Gasteiger partial charge on any atom is -0.481 e. The fraction of sp³-hybridized carbons (Fsp3) is 0.400. The summed E-state index contributed by atoms with van der Waals surface area (Å²) >= 11 is 1.04. The smallest absolute Gasteiger partial charge is 0.313 e. The van der Waals surface area contributed by atoms with Crippen molar-refractivity contribution in [3.8, 4) is 11.3 Å². The van der Waals surface area contributed by atoms with Gasteiger partial charge in [0.05, 0.1) is 42.5 Å². The topological polar surface area (TPSA) is 123 Å². The van der Waals surface area contributed by atoms with Gasteiger partial charge in [0, 0.05) is 11.8 Å². The molecule has 0 unspecified atom stereocenters. The molecule has 2 fully saturated rings. The van der Waals surface area contributed by atoms with Crippen LogP contribution in [0.25, 0.3) is 11.3 Å². The summed E-state index contributed by atoms with van der Waals surface area (Å²) in [5, 5.41) is 14.7. The lowest BCUT2D eigenvalue weighted by atomic mass is 10.1. The van der Waals surface area contributed by atoms with Crippen molar-refractivity contribution >= 4 is 29.6 Å². The monoisotopic (exact) mass is 448 g/mol. The SMILES string of the molecule is O=C(O)CSCC(=O)N[C@H]1CO[C@H]2[C@@H]1OC[C@@H]2Nc1nccc(-c2cccc(F)c2)n1. The molecule has 2 aromatic rings. The van der Waals surface area contributed by atoms with E-state index in [0.717, 1.165) is 11.8 Å². The molecular weight excluding hydrogens is 427 g/mol. The number of rotatable bonds is 8. The van der Waals surface area contributed by atoms with Crippen molar-refractivity contribution in [2.45, 2.75) is 24.3 Å². The molecule has 9 nitrogen and oxygen atoms in total. The third-order valence-electron chi connectivity index (χ3n) is 4.95. The second kappa shape index (κ2) is 9.58. The summed E-state index contributed by atoms with van der Waals surface area (Å²) in [6, 6.07) is 7.35. The van der Waals surface area contributed by atoms with E-state index in [1.54, 1.807) is 24.4 Å². The van der Waals surface area contributed by atoms with Crippen molar-refractivity contribution in [2.75, 3.05) is 30.0 Å². The number of carbonyl (C=O) groups is 2. The van der Waals surface area contributed by atoms with Gasteiger partial charge in [-0.15, -0.1) is 11.8 Å². The van der Waals surface area contributed by atoms with Gasteiger partial charge in [0.15, 0.2) is 0 Å². The number of hydrogen-bond acceptors (Lipinski definition) is 8. The Balaban J connectivity index is 1.34. The van der Waals surface area contributed by atoms with Crippen LogP contribution in [0.1, 0.15) is 0 Å². The fourth-order valence-electron chi connectivity index (χ4n) is 3.63. The molecule has 2 aliphatic rings. The van der Waals surface area contributed by atoms with Gasteiger partial charge in [0.2, 0.25) is 11.9 Å². The molecule has 2 aliphatic heterocycles. The van der Waals surface area contributed by atoms with E-state index in [9.17, 15) is 14.0 Å². The Bertz CT molecular complexity index is 965. The van der Waals surface area contributed by atoms with Crippen molar-refractivity contribution < 1.29 is 28.6 Å². The van der Waals surface area contributed by atoms with Crippen LogP contribution in [0.3, 0.4) is 0 Å². The van der Waals surface area contributed by atoms with E-state index in [-0.39, 0.29) is 47.5 Å². The largest absolute Gasteiger partial charge is 0.481 e. The number of nitrogens with zero attached hydrogens (tertiary/aromatic N) is 2. The number of fused-ring (bicyclic) bond motifs is 1. The van der Waals surface area contributed by atoms with Gasteiger partial charge in [-0.25, -0.2) is 14.4 Å². The average molecular weight is 448 g/mol. The van der Waals surface area contributed by atoms with Crippen molar-refractivity contribution in [1.29, 1.82) is 0 Å². The van der Waals surface area contributed by atoms with Crippen molar-refractivity contribution in [3.05, 3.63) is 42.3 Å². The van der Waals surface area contributed by atoms with Gasteiger partial charge >= 0.3 is 5.97 Å². The standard InChI is InChI=1S/C20H21FN4O5S/c21-12-3-1-2-11(6-12)13-4-5-22-20(24-13)25-15-8-30-18-14(7-29-19(15)18)23-16(26)9-31-10-17(27)28/h1-6,14-15,18-19H,7-10H2,(H,23,26)(H,27,28)(H,22,24,25)/t14-,15-,18+,19+/m0/s1. The second-order valence-electron chi connectivity index (χ2n) is 7.18. The van der Waals surface area contributed by atoms with Crippen LogP contribution in [0.2, 0.25) is 0 Å². The van der Waals surface area contributed by atoms with Gasteiger partial charge in [-0.05, 0) is 18.2 Å². The van der Waals surface area contributed by atoms with E-state index in [2.05, 4.69) is 20.6 Å². The molecule has 1 aromatic heterocycles. The summed E-state index contributed by atoms with van der Waals surface area (Å²) in [5.74, 6) is -1.26. The van der Waals surface area contributed by atoms with E-state index in [0.29, 0.717) is 30.4 Å². The molecule has 0 radical (unpaired) electrons. The van der Waals surface area contributed by atoms with Gasteiger partial charge < -0.3 is 25.2 Å². The lowest BCUT2D eigenvalue weighted by molar-refractivity contribution is -0.133. The number of aliphatic carboxylic acids is 1. The van der Waals surface area contributed by atoms with Gasteiger partial charge in [0.25, 0.3) is 0 Å². The number of hydrogen-bond donors (Lipinski definition) is 3. The summed E-state index contributed by atoms with van der Waals surface area (Å²) in [4.78, 5) is 31.3. The van der Waals surface area contributed by atoms with Crippen LogP contribution in [-0.4, -0.2) is 76.0 Å². The molecule has 4 rings (SSSR count). The molecule has 1 amide bonds. The Morgan fingerprint density at radius 1 is 1.16 bits per heavy atom. The van der Waals surface area contributed by atoms with Gasteiger partial charge in [-0.3, -0.25) is 9.59 Å². The Morgan fingerprint density at radius 3 is 2.71 bits per heavy atom. The molecule has 2 saturated heterocycles. The second-order valence-corrected chi connectivity index (χ2v) is 8.17. The maximum atomic E-state index is 13.5. The first-order chi connectivity index (χ1) is 15.0. The zero-order valence-electron chi connectivity index (χ0n) is 16.4. The summed E-state index contributed by atoms with van der Waals surface area (Å²) in [7, 11) is 0. The molecule has 164 valence electrons. The Hall–Kier alpha value is -2.76. The number of benzene rings is 1. The summed E-state index contributed by atoms with van der Waals surface area (Å²) < 4.78 is 25.2. The van der Waals surface area contributed by atoms with Crippen LogP contribution in [0, 0.1) is 5.82 Å². The van der Waals surface area contributed by atoms with Crippen molar-refractivity contribution in [1.82, 2.24) is 15.3 Å². The minimum atomic E-state index is -0.959. The highest BCUT2D eigenvalue weighted by atomic mass is 32.2. The van der Waals surface area contributed by atoms with Gasteiger partial charge in [0.1, 0.15) is 18.0 Å². The zero-order chi connectivity index (χ0) is 21.8. The molecule has 3 N–H and O–H groups in total. The Kier molecular flexibility index (Phi) is 6.64. The fourth-order valence-corrected chi connectivity index (χ4v) is 4.17. The molecule has 31 heavy (non-hydrogen) atoms. The van der Waals surface area contributed by atoms with E-state index in [1.165, 1.54) is 12.1 Å². The molecule has 0 saturated carbocycles. The highest BCUT2D eigenvalue weighted by Gasteiger charge is 2.48. The maximum absolute atomic E-state index is 13.5. The minimum absolute atomic E-state index is 0.0581. The average Bonchev–Trinajstić information content (AvgIpc) is 3.31. The molecule has 1 aromatic carbocycles. The highest BCUT2D eigenvalue weighted by molar-refractivity contribution is 8.00. The number of halogens is 1. The van der Waals surface area contributed by atoms with Crippen LogP contribution in [0.15, 0.2) is 36.5 Å². The van der Waals surface area contributed by atoms with Crippen LogP contribution in [0.4, 0.5) is 10.3 Å². The number of carboxylic acids is 1. The number of ether oxygens (including phenoxy) is 2. The van der Waals surface area contributed by atoms with Gasteiger partial charge in [-0.2, -0.15) is 0 Å². The van der Waals surface area contributed by atoms with E-state index >= 15 is 0 Å². The molecule has 0 spiro atoms. The maximum Gasteiger partial charge on any atom is 0.313 e. The van der Waals surface area contributed by atoms with Crippen LogP contribution in [0.5, 0.6) is 0 Å². The first-order valence-electron chi connectivity index (χ1n) is 9.67. The first-order valence-corrected chi connectivity index (χ1v) is 10.8. The normalized spacial score (nSPS) is 24.5. The molecule has 11 heteroatoms. The number of anilines is 1. The Morgan fingerprint density at radius 2 is 1.94 bits per heavy atom. The predicted octanol–water partition coefficient (Wildman–Crippen LogP) is 1.16. The molecule has 0 aliphatic carbocycles. The molecule has 0 bridgehead atoms. The van der Waals surface area contributed by atoms with Crippen LogP contribution in [-0.2, 0) is 19.1 Å². The van der Waals surface area contributed by atoms with Crippen molar-refractivity contribution in [3.63, 3.8) is 0 Å². The lowest BCUT2D eigenvalue weighted by Gasteiger charge is -2.18. The summed E-state index contributed by atoms with van der Waals surface area (Å²) in [6.45, 7) is 0.649. The van der Waals surface area contributed by atoms with Crippen molar-refractivity contribution in [2.24, 2.45) is 0 Å². The third kappa shape index (κ3) is 5.30. The number of amides is 1. The zero-order valence-corrected chi connectivity index (χ0v) is 17.2. The highest BCUT2D eigenvalue weighted by Crippen LogP contribution is 2.29. The quantitative estimate of drug-likeness (QED) is 0.546. The van der Waals surface area contributed by atoms with Crippen LogP contribution < -0.4 is 10.6 Å².